The van der Waals surface area contributed by atoms with Gasteiger partial charge in [-0.15, -0.1) is 0 Å². The monoisotopic (exact) mass is 658 g/mol. The minimum absolute atomic E-state index is 0.00647. The van der Waals surface area contributed by atoms with Gasteiger partial charge in [0.15, 0.2) is 0 Å². The number of rotatable bonds is 16. The Labute approximate surface area is 275 Å². The molecule has 14 heteroatoms. The Balaban J connectivity index is 1.51. The number of H-pyrrole nitrogens is 1. The number of aliphatic carboxylic acids is 1. The summed E-state index contributed by atoms with van der Waals surface area (Å²) in [5.41, 5.74) is 14.3. The van der Waals surface area contributed by atoms with Crippen LogP contribution in [0, 0.1) is 0 Å². The van der Waals surface area contributed by atoms with E-state index in [1.54, 1.807) is 18.3 Å². The van der Waals surface area contributed by atoms with Crippen molar-refractivity contribution in [2.45, 2.75) is 56.3 Å². The largest absolute Gasteiger partial charge is 0.508 e. The van der Waals surface area contributed by atoms with Crippen molar-refractivity contribution < 1.29 is 39.3 Å². The molecule has 252 valence electrons. The van der Waals surface area contributed by atoms with Crippen LogP contribution in [-0.4, -0.2) is 74.1 Å². The second-order valence-corrected chi connectivity index (χ2v) is 11.4. The molecular weight excluding hydrogens is 620 g/mol. The number of hydrogen-bond acceptors (Lipinski definition) is 8. The van der Waals surface area contributed by atoms with Gasteiger partial charge in [0.1, 0.15) is 29.6 Å². The quantitative estimate of drug-likeness (QED) is 0.0822. The van der Waals surface area contributed by atoms with Gasteiger partial charge in [-0.1, -0.05) is 42.5 Å². The third-order valence-corrected chi connectivity index (χ3v) is 7.76. The molecule has 4 amide bonds. The normalized spacial score (nSPS) is 13.5. The Hall–Kier alpha value is -5.89. The van der Waals surface area contributed by atoms with Crippen LogP contribution >= 0.6 is 0 Å². The number of benzene rings is 3. The zero-order valence-corrected chi connectivity index (χ0v) is 25.9. The number of carbonyl (C=O) groups excluding carboxylic acids is 4. The van der Waals surface area contributed by atoms with Crippen molar-refractivity contribution in [2.24, 2.45) is 11.5 Å². The van der Waals surface area contributed by atoms with Crippen molar-refractivity contribution in [1.82, 2.24) is 20.9 Å². The number of nitrogens with two attached hydrogens (primary N) is 2. The minimum Gasteiger partial charge on any atom is -0.508 e. The van der Waals surface area contributed by atoms with Crippen LogP contribution in [0.3, 0.4) is 0 Å². The van der Waals surface area contributed by atoms with E-state index in [9.17, 15) is 39.3 Å². The number of phenolic OH excluding ortho intramolecular Hbond substituents is 2. The number of carboxylic acids is 1. The number of fused-ring (bicyclic) bond motifs is 1. The number of aromatic amines is 1. The number of amides is 4. The molecule has 0 spiro atoms. The summed E-state index contributed by atoms with van der Waals surface area (Å²) >= 11 is 0. The average molecular weight is 659 g/mol. The van der Waals surface area contributed by atoms with Crippen molar-refractivity contribution in [3.8, 4) is 11.5 Å². The van der Waals surface area contributed by atoms with E-state index in [1.165, 1.54) is 36.4 Å². The fourth-order valence-electron chi connectivity index (χ4n) is 5.15. The number of para-hydroxylation sites is 1. The van der Waals surface area contributed by atoms with Crippen LogP contribution in [0.4, 0.5) is 0 Å². The van der Waals surface area contributed by atoms with Gasteiger partial charge >= 0.3 is 5.97 Å². The first-order chi connectivity index (χ1) is 22.9. The summed E-state index contributed by atoms with van der Waals surface area (Å²) in [4.78, 5) is 67.2. The van der Waals surface area contributed by atoms with Gasteiger partial charge in [0.2, 0.25) is 23.6 Å². The van der Waals surface area contributed by atoms with Crippen molar-refractivity contribution in [3.63, 3.8) is 0 Å². The summed E-state index contributed by atoms with van der Waals surface area (Å²) in [6.07, 6.45) is 1.17. The molecule has 0 aliphatic carbocycles. The number of aromatic nitrogens is 1. The zero-order chi connectivity index (χ0) is 34.8. The van der Waals surface area contributed by atoms with Crippen LogP contribution in [0.2, 0.25) is 0 Å². The molecule has 0 bridgehead atoms. The van der Waals surface area contributed by atoms with Gasteiger partial charge in [0.25, 0.3) is 0 Å². The highest BCUT2D eigenvalue weighted by molar-refractivity contribution is 5.95. The number of phenols is 2. The summed E-state index contributed by atoms with van der Waals surface area (Å²) in [5, 5.41) is 37.5. The van der Waals surface area contributed by atoms with Crippen LogP contribution in [-0.2, 0) is 43.2 Å². The minimum atomic E-state index is -1.41. The van der Waals surface area contributed by atoms with Gasteiger partial charge in [0.05, 0.1) is 6.04 Å². The highest BCUT2D eigenvalue weighted by Gasteiger charge is 2.31. The van der Waals surface area contributed by atoms with E-state index in [1.807, 2.05) is 24.3 Å². The second-order valence-electron chi connectivity index (χ2n) is 11.4. The highest BCUT2D eigenvalue weighted by Crippen LogP contribution is 2.19. The first-order valence-corrected chi connectivity index (χ1v) is 15.2. The van der Waals surface area contributed by atoms with Gasteiger partial charge in [-0.25, -0.2) is 4.79 Å². The summed E-state index contributed by atoms with van der Waals surface area (Å²) in [6.45, 7) is 0. The topological polar surface area (TPSA) is 250 Å². The molecule has 0 aliphatic heterocycles. The Morgan fingerprint density at radius 1 is 0.688 bits per heavy atom. The SMILES string of the molecule is NC(=O)CCC(NC(=O)C(Cc1ccc(O)cc1)NC(=O)C(N)Cc1c[nH]c2ccccc12)C(=O)NC(Cc1ccc(O)cc1)C(=O)O. The standard InChI is InChI=1S/C34H38N6O8/c35-25(17-21-18-37-26-4-2-1-3-24(21)26)31(44)39-28(15-19-5-9-22(41)10-6-19)33(46)38-27(13-14-30(36)43)32(45)40-29(34(47)48)16-20-7-11-23(42)12-8-20/h1-12,18,25,27-29,37,41-42H,13-17,35H2,(H2,36,43)(H,38,46)(H,39,44)(H,40,45)(H,47,48). The van der Waals surface area contributed by atoms with Gasteiger partial charge in [0, 0.05) is 36.4 Å². The lowest BCUT2D eigenvalue weighted by molar-refractivity contribution is -0.142. The fourth-order valence-corrected chi connectivity index (χ4v) is 5.15. The Kier molecular flexibility index (Phi) is 11.7. The molecule has 1 aromatic heterocycles. The van der Waals surface area contributed by atoms with Crippen molar-refractivity contribution in [1.29, 1.82) is 0 Å². The summed E-state index contributed by atoms with van der Waals surface area (Å²) in [6, 6.07) is 14.1. The van der Waals surface area contributed by atoms with Crippen molar-refractivity contribution >= 4 is 40.5 Å². The summed E-state index contributed by atoms with van der Waals surface area (Å²) < 4.78 is 0. The van der Waals surface area contributed by atoms with E-state index >= 15 is 0 Å². The maximum absolute atomic E-state index is 13.7. The third kappa shape index (κ3) is 9.80. The molecule has 0 fully saturated rings. The van der Waals surface area contributed by atoms with E-state index in [0.717, 1.165) is 16.5 Å². The Bertz CT molecular complexity index is 1760. The molecule has 14 nitrogen and oxygen atoms in total. The molecule has 1 heterocycles. The summed E-state index contributed by atoms with van der Waals surface area (Å²) in [7, 11) is 0. The Morgan fingerprint density at radius 2 is 1.21 bits per heavy atom. The summed E-state index contributed by atoms with van der Waals surface area (Å²) in [5.74, 6) is -4.45. The smallest absolute Gasteiger partial charge is 0.326 e. The van der Waals surface area contributed by atoms with E-state index in [-0.39, 0.29) is 43.6 Å². The molecule has 0 saturated heterocycles. The van der Waals surface area contributed by atoms with Gasteiger partial charge in [-0.05, 0) is 59.9 Å². The second kappa shape index (κ2) is 16.1. The first kappa shape index (κ1) is 35.0. The average Bonchev–Trinajstić information content (AvgIpc) is 3.46. The molecular formula is C34H38N6O8. The number of carbonyl (C=O) groups is 5. The highest BCUT2D eigenvalue weighted by atomic mass is 16.4. The number of hydrogen-bond donors (Lipinski definition) is 9. The molecule has 0 saturated carbocycles. The lowest BCUT2D eigenvalue weighted by atomic mass is 10.0. The molecule has 4 atom stereocenters. The van der Waals surface area contributed by atoms with Gasteiger partial charge in [-0.3, -0.25) is 19.2 Å². The van der Waals surface area contributed by atoms with Crippen molar-refractivity contribution in [3.05, 3.63) is 95.7 Å². The number of aromatic hydroxyl groups is 2. The predicted octanol–water partition coefficient (Wildman–Crippen LogP) is 0.739. The van der Waals surface area contributed by atoms with Gasteiger partial charge < -0.3 is 47.7 Å². The zero-order valence-electron chi connectivity index (χ0n) is 25.9. The van der Waals surface area contributed by atoms with Crippen LogP contribution < -0.4 is 27.4 Å². The molecule has 11 N–H and O–H groups in total. The molecule has 0 aliphatic rings. The molecule has 4 rings (SSSR count). The first-order valence-electron chi connectivity index (χ1n) is 15.2. The van der Waals surface area contributed by atoms with E-state index in [2.05, 4.69) is 20.9 Å². The van der Waals surface area contributed by atoms with E-state index in [4.69, 9.17) is 11.5 Å². The molecule has 3 aromatic carbocycles. The number of primary amides is 1. The van der Waals surface area contributed by atoms with E-state index in [0.29, 0.717) is 11.1 Å². The lowest BCUT2D eigenvalue weighted by Gasteiger charge is -2.25. The van der Waals surface area contributed by atoms with Gasteiger partial charge in [-0.2, -0.15) is 0 Å². The Morgan fingerprint density at radius 3 is 1.79 bits per heavy atom. The molecule has 0 radical (unpaired) electrons. The van der Waals surface area contributed by atoms with Crippen LogP contribution in [0.5, 0.6) is 11.5 Å². The maximum atomic E-state index is 13.7. The number of nitrogens with one attached hydrogen (secondary N) is 4. The fraction of sp³-hybridized carbons (Fsp3) is 0.265. The van der Waals surface area contributed by atoms with Crippen LogP contribution in [0.1, 0.15) is 29.5 Å². The predicted molar refractivity (Wildman–Crippen MR) is 175 cm³/mol. The number of carboxylic acid groups (broad SMARTS) is 1. The maximum Gasteiger partial charge on any atom is 0.326 e. The van der Waals surface area contributed by atoms with Crippen molar-refractivity contribution in [2.75, 3.05) is 0 Å². The molecule has 48 heavy (non-hydrogen) atoms. The van der Waals surface area contributed by atoms with E-state index < -0.39 is 53.8 Å². The van der Waals surface area contributed by atoms with Crippen LogP contribution in [0.25, 0.3) is 10.9 Å². The lowest BCUT2D eigenvalue weighted by Crippen LogP contribution is -2.58. The van der Waals surface area contributed by atoms with Crippen LogP contribution in [0.15, 0.2) is 79.0 Å². The third-order valence-electron chi connectivity index (χ3n) is 7.76. The molecule has 4 unspecified atom stereocenters. The molecule has 4 aromatic rings.